The number of benzene rings is 1. The van der Waals surface area contributed by atoms with E-state index in [1.165, 1.54) is 43.9 Å². The predicted octanol–water partition coefficient (Wildman–Crippen LogP) is 4.68. The summed E-state index contributed by atoms with van der Waals surface area (Å²) in [5.74, 6) is 0.979. The smallest absolute Gasteiger partial charge is 0.0705 e. The molecule has 1 aromatic heterocycles. The molecule has 1 fully saturated rings. The molecule has 2 heteroatoms. The van der Waals surface area contributed by atoms with Crippen LogP contribution >= 0.6 is 0 Å². The van der Waals surface area contributed by atoms with Gasteiger partial charge in [-0.1, -0.05) is 44.0 Å². The molecule has 1 N–H and O–H groups in total. The fourth-order valence-corrected chi connectivity index (χ4v) is 3.52. The predicted molar refractivity (Wildman–Crippen MR) is 89.2 cm³/mol. The third-order valence-electron chi connectivity index (χ3n) is 4.77. The zero-order valence-electron chi connectivity index (χ0n) is 13.0. The van der Waals surface area contributed by atoms with Gasteiger partial charge in [-0.25, -0.2) is 0 Å². The van der Waals surface area contributed by atoms with Crippen molar-refractivity contribution in [1.82, 2.24) is 10.3 Å². The number of pyridine rings is 1. The average molecular weight is 282 g/mol. The van der Waals surface area contributed by atoms with Crippen molar-refractivity contribution in [3.05, 3.63) is 42.1 Å². The summed E-state index contributed by atoms with van der Waals surface area (Å²) >= 11 is 0. The third kappa shape index (κ3) is 3.82. The molecule has 1 saturated carbocycles. The van der Waals surface area contributed by atoms with Gasteiger partial charge >= 0.3 is 0 Å². The quantitative estimate of drug-likeness (QED) is 0.861. The Kier molecular flexibility index (Phi) is 4.87. The molecule has 0 atom stereocenters. The maximum atomic E-state index is 4.74. The van der Waals surface area contributed by atoms with Crippen LogP contribution in [0.15, 0.2) is 36.4 Å². The molecule has 2 aromatic rings. The lowest BCUT2D eigenvalue weighted by Gasteiger charge is -2.29. The highest BCUT2D eigenvalue weighted by Gasteiger charge is 2.19. The van der Waals surface area contributed by atoms with E-state index in [4.69, 9.17) is 4.98 Å². The molecule has 1 aliphatic rings. The maximum absolute atomic E-state index is 4.74. The van der Waals surface area contributed by atoms with E-state index >= 15 is 0 Å². The molecule has 112 valence electrons. The maximum Gasteiger partial charge on any atom is 0.0705 e. The van der Waals surface area contributed by atoms with Crippen LogP contribution in [0.2, 0.25) is 0 Å². The van der Waals surface area contributed by atoms with Gasteiger partial charge in [-0.3, -0.25) is 4.98 Å². The fourth-order valence-electron chi connectivity index (χ4n) is 3.52. The van der Waals surface area contributed by atoms with E-state index in [9.17, 15) is 0 Å². The van der Waals surface area contributed by atoms with Crippen LogP contribution in [0.1, 0.15) is 51.1 Å². The summed E-state index contributed by atoms with van der Waals surface area (Å²) in [6.45, 7) is 3.20. The minimum Gasteiger partial charge on any atom is -0.308 e. The van der Waals surface area contributed by atoms with Gasteiger partial charge in [0.25, 0.3) is 0 Å². The first kappa shape index (κ1) is 14.5. The number of hydrogen-bond acceptors (Lipinski definition) is 2. The third-order valence-corrected chi connectivity index (χ3v) is 4.77. The fraction of sp³-hybridized carbons (Fsp3) is 0.526. The molecular weight excluding hydrogens is 256 g/mol. The van der Waals surface area contributed by atoms with Crippen molar-refractivity contribution in [2.24, 2.45) is 5.92 Å². The van der Waals surface area contributed by atoms with Crippen LogP contribution in [-0.2, 0) is 6.54 Å². The van der Waals surface area contributed by atoms with E-state index in [0.29, 0.717) is 6.04 Å². The summed E-state index contributed by atoms with van der Waals surface area (Å²) in [6, 6.07) is 13.4. The second-order valence-electron chi connectivity index (χ2n) is 6.38. The van der Waals surface area contributed by atoms with Gasteiger partial charge < -0.3 is 5.32 Å². The lowest BCUT2D eigenvalue weighted by Crippen LogP contribution is -2.32. The molecule has 0 spiro atoms. The molecule has 0 unspecified atom stereocenters. The number of fused-ring (bicyclic) bond motifs is 1. The zero-order valence-corrected chi connectivity index (χ0v) is 13.0. The number of nitrogens with one attached hydrogen (secondary N) is 1. The molecule has 0 amide bonds. The van der Waals surface area contributed by atoms with Crippen molar-refractivity contribution in [3.8, 4) is 0 Å². The Hall–Kier alpha value is -1.41. The number of para-hydroxylation sites is 1. The molecule has 0 radical (unpaired) electrons. The minimum absolute atomic E-state index is 0.686. The van der Waals surface area contributed by atoms with Crippen LogP contribution in [0.4, 0.5) is 0 Å². The Labute approximate surface area is 128 Å². The Morgan fingerprint density at radius 1 is 1.05 bits per heavy atom. The second-order valence-corrected chi connectivity index (χ2v) is 6.38. The Morgan fingerprint density at radius 3 is 2.67 bits per heavy atom. The first-order chi connectivity index (χ1) is 10.3. The first-order valence-electron chi connectivity index (χ1n) is 8.43. The van der Waals surface area contributed by atoms with Gasteiger partial charge in [-0.15, -0.1) is 0 Å². The van der Waals surface area contributed by atoms with Gasteiger partial charge in [0, 0.05) is 18.0 Å². The topological polar surface area (TPSA) is 24.9 Å². The lowest BCUT2D eigenvalue weighted by atomic mass is 9.83. The van der Waals surface area contributed by atoms with Gasteiger partial charge in [-0.05, 0) is 43.7 Å². The highest BCUT2D eigenvalue weighted by molar-refractivity contribution is 5.78. The van der Waals surface area contributed by atoms with Crippen molar-refractivity contribution < 1.29 is 0 Å². The van der Waals surface area contributed by atoms with E-state index in [1.54, 1.807) is 0 Å². The number of nitrogens with zero attached hydrogens (tertiary/aromatic N) is 1. The Morgan fingerprint density at radius 2 is 1.86 bits per heavy atom. The van der Waals surface area contributed by atoms with E-state index in [0.717, 1.165) is 23.7 Å². The van der Waals surface area contributed by atoms with Crippen molar-refractivity contribution in [2.45, 2.75) is 58.0 Å². The molecule has 0 saturated heterocycles. The summed E-state index contributed by atoms with van der Waals surface area (Å²) in [5, 5.41) is 4.93. The Bertz CT molecular complexity index is 571. The number of hydrogen-bond donors (Lipinski definition) is 1. The summed E-state index contributed by atoms with van der Waals surface area (Å²) in [5.41, 5.74) is 2.26. The highest BCUT2D eigenvalue weighted by atomic mass is 14.9. The summed E-state index contributed by atoms with van der Waals surface area (Å²) in [6.07, 6.45) is 8.21. The Balaban J connectivity index is 1.52. The summed E-state index contributed by atoms with van der Waals surface area (Å²) in [7, 11) is 0. The molecule has 0 aliphatic heterocycles. The summed E-state index contributed by atoms with van der Waals surface area (Å²) < 4.78 is 0. The standard InChI is InChI=1S/C19H26N2/c1-2-5-15-8-11-17(12-9-15)20-14-18-13-10-16-6-3-4-7-19(16)21-18/h3-4,6-7,10,13,15,17,20H,2,5,8-9,11-12,14H2,1H3. The number of rotatable bonds is 5. The number of aromatic nitrogens is 1. The van der Waals surface area contributed by atoms with E-state index in [-0.39, 0.29) is 0 Å². The molecule has 0 bridgehead atoms. The van der Waals surface area contributed by atoms with E-state index in [1.807, 2.05) is 0 Å². The minimum atomic E-state index is 0.686. The van der Waals surface area contributed by atoms with Crippen molar-refractivity contribution in [3.63, 3.8) is 0 Å². The van der Waals surface area contributed by atoms with Gasteiger partial charge in [0.1, 0.15) is 0 Å². The normalized spacial score (nSPS) is 22.5. The molecule has 2 nitrogen and oxygen atoms in total. The average Bonchev–Trinajstić information content (AvgIpc) is 2.54. The monoisotopic (exact) mass is 282 g/mol. The largest absolute Gasteiger partial charge is 0.308 e. The van der Waals surface area contributed by atoms with Gasteiger partial charge in [0.15, 0.2) is 0 Å². The van der Waals surface area contributed by atoms with Gasteiger partial charge in [-0.2, -0.15) is 0 Å². The zero-order chi connectivity index (χ0) is 14.5. The van der Waals surface area contributed by atoms with E-state index < -0.39 is 0 Å². The van der Waals surface area contributed by atoms with Crippen molar-refractivity contribution in [2.75, 3.05) is 0 Å². The van der Waals surface area contributed by atoms with Gasteiger partial charge in [0.05, 0.1) is 11.2 Å². The van der Waals surface area contributed by atoms with E-state index in [2.05, 4.69) is 48.6 Å². The van der Waals surface area contributed by atoms with Crippen molar-refractivity contribution >= 4 is 10.9 Å². The SMILES string of the molecule is CCCC1CCC(NCc2ccc3ccccc3n2)CC1. The van der Waals surface area contributed by atoms with Crippen LogP contribution in [0.5, 0.6) is 0 Å². The second kappa shape index (κ2) is 7.04. The van der Waals surface area contributed by atoms with Crippen molar-refractivity contribution in [1.29, 1.82) is 0 Å². The molecule has 21 heavy (non-hydrogen) atoms. The summed E-state index contributed by atoms with van der Waals surface area (Å²) in [4.78, 5) is 4.74. The molecule has 1 heterocycles. The van der Waals surface area contributed by atoms with Crippen LogP contribution in [-0.4, -0.2) is 11.0 Å². The van der Waals surface area contributed by atoms with Crippen LogP contribution in [0, 0.1) is 5.92 Å². The van der Waals surface area contributed by atoms with Crippen LogP contribution in [0.25, 0.3) is 10.9 Å². The molecule has 3 rings (SSSR count). The van der Waals surface area contributed by atoms with Crippen LogP contribution < -0.4 is 5.32 Å². The molecule has 1 aromatic carbocycles. The first-order valence-corrected chi connectivity index (χ1v) is 8.43. The molecule has 1 aliphatic carbocycles. The highest BCUT2D eigenvalue weighted by Crippen LogP contribution is 2.27. The lowest BCUT2D eigenvalue weighted by molar-refractivity contribution is 0.277. The molecular formula is C19H26N2. The van der Waals surface area contributed by atoms with Gasteiger partial charge in [0.2, 0.25) is 0 Å². The van der Waals surface area contributed by atoms with Crippen LogP contribution in [0.3, 0.4) is 0 Å².